The van der Waals surface area contributed by atoms with Gasteiger partial charge in [0.15, 0.2) is 0 Å². The van der Waals surface area contributed by atoms with Gasteiger partial charge in [-0.25, -0.2) is 4.79 Å². The van der Waals surface area contributed by atoms with E-state index in [0.29, 0.717) is 22.8 Å². The van der Waals surface area contributed by atoms with E-state index < -0.39 is 5.97 Å². The molecule has 1 atom stereocenters. The van der Waals surface area contributed by atoms with Crippen LogP contribution >= 0.6 is 11.6 Å². The van der Waals surface area contributed by atoms with Gasteiger partial charge < -0.3 is 9.64 Å². The monoisotopic (exact) mass is 347 g/mol. The first kappa shape index (κ1) is 18.3. The molecule has 0 aliphatic carbocycles. The van der Waals surface area contributed by atoms with Crippen molar-refractivity contribution in [3.8, 4) is 0 Å². The highest BCUT2D eigenvalue weighted by atomic mass is 35.5. The van der Waals surface area contributed by atoms with E-state index in [9.17, 15) is 9.59 Å². The number of hydrogen-bond acceptors (Lipinski definition) is 3. The first-order valence-corrected chi connectivity index (χ1v) is 8.31. The molecule has 0 saturated heterocycles. The van der Waals surface area contributed by atoms with Crippen molar-refractivity contribution in [2.75, 3.05) is 6.54 Å². The molecule has 0 spiro atoms. The van der Waals surface area contributed by atoms with Gasteiger partial charge in [-0.3, -0.25) is 4.79 Å². The molecule has 1 aliphatic heterocycles. The molecule has 0 radical (unpaired) electrons. The summed E-state index contributed by atoms with van der Waals surface area (Å²) in [5.41, 5.74) is 1.96. The normalized spacial score (nSPS) is 18.1. The van der Waals surface area contributed by atoms with Crippen molar-refractivity contribution in [3.63, 3.8) is 0 Å². The summed E-state index contributed by atoms with van der Waals surface area (Å²) in [6.45, 7) is 9.43. The van der Waals surface area contributed by atoms with E-state index in [1.54, 1.807) is 43.9 Å². The van der Waals surface area contributed by atoms with Crippen LogP contribution in [0.15, 0.2) is 48.2 Å². The van der Waals surface area contributed by atoms with Crippen LogP contribution in [-0.2, 0) is 14.3 Å². The zero-order chi connectivity index (χ0) is 17.9. The number of halogens is 1. The second-order valence-electron chi connectivity index (χ2n) is 6.06. The van der Waals surface area contributed by atoms with Crippen LogP contribution in [0.5, 0.6) is 0 Å². The number of benzene rings is 1. The Morgan fingerprint density at radius 3 is 2.79 bits per heavy atom. The number of ether oxygens (including phenoxy) is 1. The maximum atomic E-state index is 12.7. The number of allylic oxidation sites excluding steroid dienone is 1. The fraction of sp³-hybridized carbons (Fsp3) is 0.368. The number of esters is 1. The smallest absolute Gasteiger partial charge is 0.336 e. The quantitative estimate of drug-likeness (QED) is 0.596. The van der Waals surface area contributed by atoms with Gasteiger partial charge in [0.2, 0.25) is 5.91 Å². The lowest BCUT2D eigenvalue weighted by atomic mass is 9.83. The largest absolute Gasteiger partial charge is 0.460 e. The summed E-state index contributed by atoms with van der Waals surface area (Å²) >= 11 is 6.09. The van der Waals surface area contributed by atoms with Crippen LogP contribution in [0, 0.1) is 0 Å². The van der Waals surface area contributed by atoms with Crippen molar-refractivity contribution in [3.05, 3.63) is 58.8 Å². The van der Waals surface area contributed by atoms with E-state index in [-0.39, 0.29) is 24.3 Å². The number of hydrogen-bond donors (Lipinski definition) is 0. The molecule has 24 heavy (non-hydrogen) atoms. The lowest BCUT2D eigenvalue weighted by Gasteiger charge is -2.34. The summed E-state index contributed by atoms with van der Waals surface area (Å²) in [6.07, 6.45) is 1.61. The summed E-state index contributed by atoms with van der Waals surface area (Å²) < 4.78 is 5.41. The van der Waals surface area contributed by atoms with Crippen molar-refractivity contribution < 1.29 is 14.3 Å². The minimum absolute atomic E-state index is 0.0431. The molecule has 5 heteroatoms. The third-order valence-electron chi connectivity index (χ3n) is 3.95. The summed E-state index contributed by atoms with van der Waals surface area (Å²) in [5, 5.41) is 0.572. The molecule has 1 aromatic rings. The summed E-state index contributed by atoms with van der Waals surface area (Å²) in [5.74, 6) is -0.795. The number of carbonyl (C=O) groups is 2. The standard InChI is InChI=1S/C19H22ClNO3/c1-5-9-21-13(4)18(19(23)24-12(2)3)16(11-17(21)22)14-7-6-8-15(20)10-14/h5-8,10,12,16H,1,9,11H2,2-4H3/t16-/m1/s1. The second-order valence-corrected chi connectivity index (χ2v) is 6.49. The fourth-order valence-corrected chi connectivity index (χ4v) is 3.11. The Balaban J connectivity index is 2.53. The Labute approximate surface area is 147 Å². The third-order valence-corrected chi connectivity index (χ3v) is 4.18. The summed E-state index contributed by atoms with van der Waals surface area (Å²) in [7, 11) is 0. The minimum atomic E-state index is -0.394. The van der Waals surface area contributed by atoms with Gasteiger partial charge in [0, 0.05) is 29.6 Å². The first-order valence-electron chi connectivity index (χ1n) is 7.93. The van der Waals surface area contributed by atoms with Crippen molar-refractivity contribution in [1.29, 1.82) is 0 Å². The maximum Gasteiger partial charge on any atom is 0.336 e. The predicted octanol–water partition coefficient (Wildman–Crippen LogP) is 4.07. The number of carbonyl (C=O) groups excluding carboxylic acids is 2. The highest BCUT2D eigenvalue weighted by molar-refractivity contribution is 6.30. The van der Waals surface area contributed by atoms with Gasteiger partial charge in [-0.15, -0.1) is 6.58 Å². The van der Waals surface area contributed by atoms with E-state index in [1.165, 1.54) is 0 Å². The molecule has 4 nitrogen and oxygen atoms in total. The Kier molecular flexibility index (Phi) is 5.84. The molecule has 0 unspecified atom stereocenters. The summed E-state index contributed by atoms with van der Waals surface area (Å²) in [6, 6.07) is 7.25. The van der Waals surface area contributed by atoms with Crippen molar-refractivity contribution >= 4 is 23.5 Å². The minimum Gasteiger partial charge on any atom is -0.460 e. The average molecular weight is 348 g/mol. The van der Waals surface area contributed by atoms with Crippen LogP contribution in [0.25, 0.3) is 0 Å². The molecule has 1 amide bonds. The molecular formula is C19H22ClNO3. The van der Waals surface area contributed by atoms with E-state index >= 15 is 0 Å². The third kappa shape index (κ3) is 3.88. The number of nitrogens with zero attached hydrogens (tertiary/aromatic N) is 1. The van der Waals surface area contributed by atoms with E-state index in [4.69, 9.17) is 16.3 Å². The lowest BCUT2D eigenvalue weighted by molar-refractivity contribution is -0.143. The lowest BCUT2D eigenvalue weighted by Crippen LogP contribution is -2.38. The van der Waals surface area contributed by atoms with E-state index in [0.717, 1.165) is 5.56 Å². The zero-order valence-electron chi connectivity index (χ0n) is 14.2. The highest BCUT2D eigenvalue weighted by Crippen LogP contribution is 2.37. The molecule has 128 valence electrons. The topological polar surface area (TPSA) is 46.6 Å². The molecule has 1 aromatic carbocycles. The van der Waals surface area contributed by atoms with Gasteiger partial charge in [0.1, 0.15) is 0 Å². The molecule has 1 aliphatic rings. The van der Waals surface area contributed by atoms with E-state index in [2.05, 4.69) is 6.58 Å². The molecule has 0 fully saturated rings. The van der Waals surface area contributed by atoms with Crippen LogP contribution in [0.4, 0.5) is 0 Å². The molecule has 2 rings (SSSR count). The maximum absolute atomic E-state index is 12.7. The second kappa shape index (κ2) is 7.67. The zero-order valence-corrected chi connectivity index (χ0v) is 15.0. The van der Waals surface area contributed by atoms with Gasteiger partial charge in [-0.2, -0.15) is 0 Å². The van der Waals surface area contributed by atoms with Gasteiger partial charge in [0.25, 0.3) is 0 Å². The Hall–Kier alpha value is -2.07. The van der Waals surface area contributed by atoms with Crippen molar-refractivity contribution in [1.82, 2.24) is 4.90 Å². The number of rotatable bonds is 5. The van der Waals surface area contributed by atoms with Crippen LogP contribution in [0.2, 0.25) is 5.02 Å². The summed E-state index contributed by atoms with van der Waals surface area (Å²) in [4.78, 5) is 26.8. The molecule has 0 N–H and O–H groups in total. The Bertz CT molecular complexity index is 694. The molecule has 0 aromatic heterocycles. The van der Waals surface area contributed by atoms with Gasteiger partial charge in [-0.05, 0) is 38.5 Å². The molecule has 0 saturated carbocycles. The van der Waals surface area contributed by atoms with Gasteiger partial charge in [-0.1, -0.05) is 29.8 Å². The van der Waals surface area contributed by atoms with Crippen molar-refractivity contribution in [2.24, 2.45) is 0 Å². The Morgan fingerprint density at radius 2 is 2.21 bits per heavy atom. The molecule has 1 heterocycles. The molecular weight excluding hydrogens is 326 g/mol. The molecule has 0 bridgehead atoms. The van der Waals surface area contributed by atoms with Gasteiger partial charge >= 0.3 is 5.97 Å². The predicted molar refractivity (Wildman–Crippen MR) is 94.6 cm³/mol. The highest BCUT2D eigenvalue weighted by Gasteiger charge is 2.36. The first-order chi connectivity index (χ1) is 11.3. The van der Waals surface area contributed by atoms with Crippen molar-refractivity contribution in [2.45, 2.75) is 39.2 Å². The van der Waals surface area contributed by atoms with Crippen LogP contribution in [0.1, 0.15) is 38.7 Å². The number of amides is 1. The van der Waals surface area contributed by atoms with Crippen LogP contribution in [0.3, 0.4) is 0 Å². The van der Waals surface area contributed by atoms with E-state index in [1.807, 2.05) is 12.1 Å². The fourth-order valence-electron chi connectivity index (χ4n) is 2.91. The van der Waals surface area contributed by atoms with Gasteiger partial charge in [0.05, 0.1) is 11.7 Å². The average Bonchev–Trinajstić information content (AvgIpc) is 2.50. The van der Waals surface area contributed by atoms with Crippen LogP contribution < -0.4 is 0 Å². The Morgan fingerprint density at radius 1 is 1.50 bits per heavy atom. The SMILES string of the molecule is C=CCN1C(=O)C[C@H](c2cccc(Cl)c2)C(C(=O)OC(C)C)=C1C. The van der Waals surface area contributed by atoms with Crippen LogP contribution in [-0.4, -0.2) is 29.4 Å².